The highest BCUT2D eigenvalue weighted by atomic mass is 16.6. The molecule has 2 aliphatic heterocycles. The Morgan fingerprint density at radius 1 is 1.44 bits per heavy atom. The van der Waals surface area contributed by atoms with Crippen LogP contribution in [0.1, 0.15) is 51.9 Å². The molecule has 2 heterocycles. The molecule has 0 spiro atoms. The lowest BCUT2D eigenvalue weighted by atomic mass is 9.92. The third-order valence-corrected chi connectivity index (χ3v) is 4.04. The third-order valence-electron chi connectivity index (χ3n) is 4.04. The molecule has 4 heteroatoms. The lowest BCUT2D eigenvalue weighted by molar-refractivity contribution is -0.119. The Balaban J connectivity index is 1.97. The van der Waals surface area contributed by atoms with Gasteiger partial charge in [0.2, 0.25) is 6.41 Å². The minimum Gasteiger partial charge on any atom is -0.395 e. The predicted octanol–water partition coefficient (Wildman–Crippen LogP) is 2.58. The molecule has 0 radical (unpaired) electrons. The van der Waals surface area contributed by atoms with E-state index in [-0.39, 0.29) is 6.04 Å². The van der Waals surface area contributed by atoms with Crippen molar-refractivity contribution >= 4 is 12.1 Å². The van der Waals surface area contributed by atoms with Gasteiger partial charge in [-0.15, -0.1) is 0 Å². The van der Waals surface area contributed by atoms with Crippen LogP contribution in [0.4, 0.5) is 0 Å². The smallest absolute Gasteiger partial charge is 0.210 e. The molecule has 18 heavy (non-hydrogen) atoms. The van der Waals surface area contributed by atoms with Crippen molar-refractivity contribution in [3.05, 3.63) is 0 Å². The molecule has 0 saturated carbocycles. The predicted molar refractivity (Wildman–Crippen MR) is 71.4 cm³/mol. The molecule has 1 saturated heterocycles. The number of amides is 1. The van der Waals surface area contributed by atoms with Gasteiger partial charge in [-0.05, 0) is 19.3 Å². The Hall–Kier alpha value is -1.06. The van der Waals surface area contributed by atoms with Crippen LogP contribution < -0.4 is 0 Å². The molecule has 1 amide bonds. The van der Waals surface area contributed by atoms with E-state index in [0.29, 0.717) is 12.5 Å². The summed E-state index contributed by atoms with van der Waals surface area (Å²) in [6.45, 7) is 3.80. The molecule has 0 aromatic carbocycles. The van der Waals surface area contributed by atoms with Gasteiger partial charge in [0.1, 0.15) is 6.61 Å². The van der Waals surface area contributed by atoms with E-state index >= 15 is 0 Å². The lowest BCUT2D eigenvalue weighted by Crippen LogP contribution is -2.40. The van der Waals surface area contributed by atoms with Gasteiger partial charge in [0.15, 0.2) is 0 Å². The van der Waals surface area contributed by atoms with Gasteiger partial charge in [-0.3, -0.25) is 4.79 Å². The molecule has 2 rings (SSSR count). The highest BCUT2D eigenvalue weighted by Crippen LogP contribution is 2.27. The molecule has 0 aromatic heterocycles. The minimum atomic E-state index is 0.189. The molecule has 102 valence electrons. The number of hydrogen-bond acceptors (Lipinski definition) is 3. The number of oxime groups is 1. The lowest BCUT2D eigenvalue weighted by Gasteiger charge is -2.26. The molecule has 1 fully saturated rings. The molecule has 0 unspecified atom stereocenters. The monoisotopic (exact) mass is 252 g/mol. The summed E-state index contributed by atoms with van der Waals surface area (Å²) in [4.78, 5) is 18.4. The largest absolute Gasteiger partial charge is 0.395 e. The fourth-order valence-electron chi connectivity index (χ4n) is 2.98. The summed E-state index contributed by atoms with van der Waals surface area (Å²) in [5.41, 5.74) is 1.12. The Morgan fingerprint density at radius 3 is 3.11 bits per heavy atom. The minimum absolute atomic E-state index is 0.189. The molecular formula is C14H24N2O2. The summed E-state index contributed by atoms with van der Waals surface area (Å²) in [5, 5.41) is 4.21. The number of unbranched alkanes of at least 4 members (excludes halogenated alkanes) is 3. The molecule has 2 aliphatic rings. The molecule has 4 nitrogen and oxygen atoms in total. The zero-order valence-corrected chi connectivity index (χ0v) is 11.3. The number of fused-ring (bicyclic) bond motifs is 1. The number of rotatable bonds is 6. The van der Waals surface area contributed by atoms with E-state index in [9.17, 15) is 4.79 Å². The van der Waals surface area contributed by atoms with Crippen LogP contribution in [0.3, 0.4) is 0 Å². The molecule has 0 aliphatic carbocycles. The quantitative estimate of drug-likeness (QED) is 0.538. The van der Waals surface area contributed by atoms with E-state index in [0.717, 1.165) is 37.9 Å². The molecular weight excluding hydrogens is 228 g/mol. The van der Waals surface area contributed by atoms with Crippen molar-refractivity contribution in [3.8, 4) is 0 Å². The van der Waals surface area contributed by atoms with Gasteiger partial charge in [0, 0.05) is 12.5 Å². The van der Waals surface area contributed by atoms with E-state index in [2.05, 4.69) is 12.1 Å². The Bertz CT molecular complexity index is 304. The van der Waals surface area contributed by atoms with E-state index in [4.69, 9.17) is 4.84 Å². The fourth-order valence-corrected chi connectivity index (χ4v) is 2.98. The van der Waals surface area contributed by atoms with E-state index < -0.39 is 0 Å². The van der Waals surface area contributed by atoms with Crippen LogP contribution in [0.25, 0.3) is 0 Å². The van der Waals surface area contributed by atoms with Crippen LogP contribution in [-0.2, 0) is 9.63 Å². The summed E-state index contributed by atoms with van der Waals surface area (Å²) >= 11 is 0. The average molecular weight is 252 g/mol. The topological polar surface area (TPSA) is 41.9 Å². The van der Waals surface area contributed by atoms with Crippen LogP contribution in [-0.4, -0.2) is 36.2 Å². The second-order valence-corrected chi connectivity index (χ2v) is 5.36. The van der Waals surface area contributed by atoms with Gasteiger partial charge in [-0.1, -0.05) is 37.8 Å². The van der Waals surface area contributed by atoms with Crippen LogP contribution >= 0.6 is 0 Å². The summed E-state index contributed by atoms with van der Waals surface area (Å²) in [6, 6.07) is 0.189. The summed E-state index contributed by atoms with van der Waals surface area (Å²) in [7, 11) is 0. The first-order valence-electron chi connectivity index (χ1n) is 7.27. The van der Waals surface area contributed by atoms with Crippen molar-refractivity contribution < 1.29 is 9.63 Å². The molecule has 0 bridgehead atoms. The second kappa shape index (κ2) is 6.76. The van der Waals surface area contributed by atoms with E-state index in [1.165, 1.54) is 25.7 Å². The van der Waals surface area contributed by atoms with Gasteiger partial charge in [0.25, 0.3) is 0 Å². The first-order chi connectivity index (χ1) is 8.86. The maximum atomic E-state index is 11.2. The van der Waals surface area contributed by atoms with E-state index in [1.54, 1.807) is 0 Å². The zero-order valence-electron chi connectivity index (χ0n) is 11.3. The number of carbonyl (C=O) groups excluding carboxylic acids is 1. The third kappa shape index (κ3) is 3.03. The number of carbonyl (C=O) groups is 1. The zero-order chi connectivity index (χ0) is 12.8. The Labute approximate surface area is 109 Å². The second-order valence-electron chi connectivity index (χ2n) is 5.36. The van der Waals surface area contributed by atoms with Crippen LogP contribution in [0.5, 0.6) is 0 Å². The van der Waals surface area contributed by atoms with Crippen molar-refractivity contribution in [2.45, 2.75) is 57.9 Å². The molecule has 0 aromatic rings. The number of nitrogens with zero attached hydrogens (tertiary/aromatic N) is 2. The highest BCUT2D eigenvalue weighted by molar-refractivity contribution is 5.93. The molecule has 2 atom stereocenters. The number of likely N-dealkylation sites (tertiary alicyclic amines) is 1. The highest BCUT2D eigenvalue weighted by Gasteiger charge is 2.35. The van der Waals surface area contributed by atoms with Crippen molar-refractivity contribution in [1.82, 2.24) is 4.90 Å². The first kappa shape index (κ1) is 13.4. The Kier molecular flexibility index (Phi) is 5.02. The van der Waals surface area contributed by atoms with Crippen molar-refractivity contribution in [2.24, 2.45) is 11.1 Å². The maximum Gasteiger partial charge on any atom is 0.210 e. The van der Waals surface area contributed by atoms with Crippen LogP contribution in [0.15, 0.2) is 5.16 Å². The van der Waals surface area contributed by atoms with Crippen LogP contribution in [0.2, 0.25) is 0 Å². The maximum absolute atomic E-state index is 11.2. The van der Waals surface area contributed by atoms with Gasteiger partial charge >= 0.3 is 0 Å². The van der Waals surface area contributed by atoms with Crippen molar-refractivity contribution in [3.63, 3.8) is 0 Å². The van der Waals surface area contributed by atoms with Gasteiger partial charge in [0.05, 0.1) is 11.8 Å². The van der Waals surface area contributed by atoms with Gasteiger partial charge in [-0.25, -0.2) is 0 Å². The summed E-state index contributed by atoms with van der Waals surface area (Å²) in [5.74, 6) is 0.450. The SMILES string of the molecule is CCCCCC[C@H]1C2=NOC[C@H]2CCCN1C=O. The molecule has 0 N–H and O–H groups in total. The van der Waals surface area contributed by atoms with Crippen molar-refractivity contribution in [1.29, 1.82) is 0 Å². The van der Waals surface area contributed by atoms with Crippen molar-refractivity contribution in [2.75, 3.05) is 13.2 Å². The first-order valence-corrected chi connectivity index (χ1v) is 7.27. The Morgan fingerprint density at radius 2 is 2.33 bits per heavy atom. The van der Waals surface area contributed by atoms with Gasteiger partial charge in [-0.2, -0.15) is 0 Å². The van der Waals surface area contributed by atoms with Gasteiger partial charge < -0.3 is 9.74 Å². The fraction of sp³-hybridized carbons (Fsp3) is 0.857. The number of hydrogen-bond donors (Lipinski definition) is 0. The van der Waals surface area contributed by atoms with Crippen LogP contribution in [0, 0.1) is 5.92 Å². The summed E-state index contributed by atoms with van der Waals surface area (Å²) in [6.07, 6.45) is 9.15. The normalized spacial score (nSPS) is 27.2. The standard InChI is InChI=1S/C14H24N2O2/c1-2-3-4-5-8-13-14-12(10-18-15-14)7-6-9-16(13)11-17/h11-13H,2-10H2,1H3/t12-,13+/m1/s1. The van der Waals surface area contributed by atoms with E-state index in [1.807, 2.05) is 4.90 Å². The average Bonchev–Trinajstić information content (AvgIpc) is 2.78. The summed E-state index contributed by atoms with van der Waals surface area (Å²) < 4.78 is 0.